The molecular weight excluding hydrogens is 340 g/mol. The molecule has 1 aromatic carbocycles. The summed E-state index contributed by atoms with van der Waals surface area (Å²) in [5.74, 6) is 1.18. The second kappa shape index (κ2) is 8.32. The van der Waals surface area contributed by atoms with E-state index in [2.05, 4.69) is 4.98 Å². The molecule has 26 heavy (non-hydrogen) atoms. The first kappa shape index (κ1) is 19.2. The SMILES string of the molecule is CCN(Cc1ccc(OC)c(OC)c1)C(=O)Cn1c([N+](=O)[O-])cnc1C. The molecule has 1 aromatic heterocycles. The number of amides is 1. The van der Waals surface area contributed by atoms with Gasteiger partial charge in [0.15, 0.2) is 23.9 Å². The quantitative estimate of drug-likeness (QED) is 0.527. The number of likely N-dealkylation sites (N-methyl/N-ethyl adjacent to an activating group) is 1. The van der Waals surface area contributed by atoms with Crippen LogP contribution in [0.1, 0.15) is 18.3 Å². The highest BCUT2D eigenvalue weighted by Gasteiger charge is 2.23. The van der Waals surface area contributed by atoms with Crippen molar-refractivity contribution in [3.8, 4) is 11.5 Å². The van der Waals surface area contributed by atoms with Crippen LogP contribution in [0.3, 0.4) is 0 Å². The number of benzene rings is 1. The monoisotopic (exact) mass is 362 g/mol. The van der Waals surface area contributed by atoms with E-state index in [1.165, 1.54) is 4.57 Å². The van der Waals surface area contributed by atoms with Gasteiger partial charge in [0.25, 0.3) is 5.91 Å². The lowest BCUT2D eigenvalue weighted by Crippen LogP contribution is -2.33. The van der Waals surface area contributed by atoms with Crippen molar-refractivity contribution >= 4 is 11.7 Å². The molecular formula is C17H22N4O5. The van der Waals surface area contributed by atoms with Crippen LogP contribution >= 0.6 is 0 Å². The number of aryl methyl sites for hydroxylation is 1. The van der Waals surface area contributed by atoms with Gasteiger partial charge in [0.1, 0.15) is 6.20 Å². The fraction of sp³-hybridized carbons (Fsp3) is 0.412. The molecule has 9 heteroatoms. The lowest BCUT2D eigenvalue weighted by molar-refractivity contribution is -0.392. The highest BCUT2D eigenvalue weighted by molar-refractivity contribution is 5.76. The minimum atomic E-state index is -0.544. The maximum atomic E-state index is 12.6. The zero-order valence-electron chi connectivity index (χ0n) is 15.3. The Bertz CT molecular complexity index is 802. The van der Waals surface area contributed by atoms with Crippen molar-refractivity contribution in [1.29, 1.82) is 0 Å². The summed E-state index contributed by atoms with van der Waals surface area (Å²) >= 11 is 0. The Morgan fingerprint density at radius 2 is 2.00 bits per heavy atom. The third-order valence-corrected chi connectivity index (χ3v) is 4.07. The molecule has 0 bridgehead atoms. The average Bonchev–Trinajstić information content (AvgIpc) is 3.00. The molecule has 2 aromatic rings. The van der Waals surface area contributed by atoms with Crippen molar-refractivity contribution < 1.29 is 19.2 Å². The Morgan fingerprint density at radius 3 is 2.58 bits per heavy atom. The predicted molar refractivity (Wildman–Crippen MR) is 94.3 cm³/mol. The number of ether oxygens (including phenoxy) is 2. The molecule has 9 nitrogen and oxygen atoms in total. The van der Waals surface area contributed by atoms with Gasteiger partial charge in [0.05, 0.1) is 14.2 Å². The Labute approximate surface area is 151 Å². The first-order valence-corrected chi connectivity index (χ1v) is 8.06. The predicted octanol–water partition coefficient (Wildman–Crippen LogP) is 2.17. The van der Waals surface area contributed by atoms with E-state index in [0.717, 1.165) is 11.8 Å². The summed E-state index contributed by atoms with van der Waals surface area (Å²) in [6, 6.07) is 5.43. The molecule has 0 radical (unpaired) electrons. The Morgan fingerprint density at radius 1 is 1.31 bits per heavy atom. The molecule has 2 rings (SSSR count). The smallest absolute Gasteiger partial charge is 0.343 e. The van der Waals surface area contributed by atoms with Crippen LogP contribution in [0.25, 0.3) is 0 Å². The number of imidazole rings is 1. The molecule has 140 valence electrons. The van der Waals surface area contributed by atoms with Gasteiger partial charge in [-0.25, -0.2) is 9.55 Å². The molecule has 0 N–H and O–H groups in total. The van der Waals surface area contributed by atoms with E-state index in [0.29, 0.717) is 30.4 Å². The van der Waals surface area contributed by atoms with Gasteiger partial charge in [-0.3, -0.25) is 4.79 Å². The summed E-state index contributed by atoms with van der Waals surface area (Å²) in [4.78, 5) is 28.7. The Kier molecular flexibility index (Phi) is 6.16. The highest BCUT2D eigenvalue weighted by Crippen LogP contribution is 2.28. The van der Waals surface area contributed by atoms with Crippen LogP contribution in [0.15, 0.2) is 24.4 Å². The molecule has 0 spiro atoms. The summed E-state index contributed by atoms with van der Waals surface area (Å²) in [5, 5.41) is 11.1. The van der Waals surface area contributed by atoms with Crippen molar-refractivity contribution in [2.24, 2.45) is 0 Å². The van der Waals surface area contributed by atoms with Crippen LogP contribution in [-0.4, -0.2) is 46.0 Å². The summed E-state index contributed by atoms with van der Waals surface area (Å²) in [5.41, 5.74) is 0.870. The fourth-order valence-corrected chi connectivity index (χ4v) is 2.61. The lowest BCUT2D eigenvalue weighted by Gasteiger charge is -2.21. The number of methoxy groups -OCH3 is 2. The van der Waals surface area contributed by atoms with E-state index < -0.39 is 4.92 Å². The summed E-state index contributed by atoms with van der Waals surface area (Å²) in [7, 11) is 3.10. The minimum absolute atomic E-state index is 0.136. The summed E-state index contributed by atoms with van der Waals surface area (Å²) in [6.45, 7) is 4.17. The Hall–Kier alpha value is -3.10. The first-order valence-electron chi connectivity index (χ1n) is 8.06. The zero-order valence-corrected chi connectivity index (χ0v) is 15.3. The maximum absolute atomic E-state index is 12.6. The maximum Gasteiger partial charge on any atom is 0.343 e. The van der Waals surface area contributed by atoms with Crippen molar-refractivity contribution in [2.75, 3.05) is 20.8 Å². The van der Waals surface area contributed by atoms with E-state index in [9.17, 15) is 14.9 Å². The second-order valence-electron chi connectivity index (χ2n) is 5.60. The molecule has 0 unspecified atom stereocenters. The largest absolute Gasteiger partial charge is 0.493 e. The second-order valence-corrected chi connectivity index (χ2v) is 5.60. The van der Waals surface area contributed by atoms with E-state index in [-0.39, 0.29) is 18.3 Å². The molecule has 0 fully saturated rings. The standard InChI is InChI=1S/C17H22N4O5/c1-5-19(10-13-6-7-14(25-3)15(8-13)26-4)17(22)11-20-12(2)18-9-16(20)21(23)24/h6-9H,5,10-11H2,1-4H3. The average molecular weight is 362 g/mol. The third-order valence-electron chi connectivity index (χ3n) is 4.07. The minimum Gasteiger partial charge on any atom is -0.493 e. The molecule has 0 aliphatic carbocycles. The number of aromatic nitrogens is 2. The van der Waals surface area contributed by atoms with Crippen LogP contribution in [-0.2, 0) is 17.9 Å². The van der Waals surface area contributed by atoms with Crippen LogP contribution in [0.2, 0.25) is 0 Å². The highest BCUT2D eigenvalue weighted by atomic mass is 16.6. The summed E-state index contributed by atoms with van der Waals surface area (Å²) < 4.78 is 11.8. The van der Waals surface area contributed by atoms with Gasteiger partial charge in [-0.05, 0) is 29.5 Å². The number of nitro groups is 1. The molecule has 0 saturated heterocycles. The molecule has 1 heterocycles. The zero-order chi connectivity index (χ0) is 19.3. The molecule has 1 amide bonds. The normalized spacial score (nSPS) is 10.5. The van der Waals surface area contributed by atoms with Gasteiger partial charge < -0.3 is 24.5 Å². The van der Waals surface area contributed by atoms with Gasteiger partial charge in [-0.15, -0.1) is 0 Å². The van der Waals surface area contributed by atoms with Crippen LogP contribution < -0.4 is 9.47 Å². The first-order chi connectivity index (χ1) is 12.4. The van der Waals surface area contributed by atoms with E-state index in [1.54, 1.807) is 38.2 Å². The Balaban J connectivity index is 2.17. The number of carbonyl (C=O) groups excluding carboxylic acids is 1. The molecule has 0 aliphatic rings. The van der Waals surface area contributed by atoms with E-state index in [4.69, 9.17) is 9.47 Å². The summed E-state index contributed by atoms with van der Waals surface area (Å²) in [6.07, 6.45) is 1.16. The van der Waals surface area contributed by atoms with Crippen molar-refractivity contribution in [3.05, 3.63) is 45.9 Å². The van der Waals surface area contributed by atoms with Crippen molar-refractivity contribution in [1.82, 2.24) is 14.5 Å². The lowest BCUT2D eigenvalue weighted by atomic mass is 10.2. The molecule has 0 aliphatic heterocycles. The van der Waals surface area contributed by atoms with Gasteiger partial charge in [0.2, 0.25) is 0 Å². The molecule has 0 atom stereocenters. The van der Waals surface area contributed by atoms with Crippen LogP contribution in [0, 0.1) is 17.0 Å². The van der Waals surface area contributed by atoms with E-state index in [1.807, 2.05) is 13.0 Å². The number of rotatable bonds is 8. The van der Waals surface area contributed by atoms with Crippen LogP contribution in [0.5, 0.6) is 11.5 Å². The topological polar surface area (TPSA) is 99.7 Å². The van der Waals surface area contributed by atoms with Gasteiger partial charge in [-0.1, -0.05) is 6.07 Å². The van der Waals surface area contributed by atoms with Crippen molar-refractivity contribution in [2.45, 2.75) is 26.9 Å². The third kappa shape index (κ3) is 4.11. The number of carbonyl (C=O) groups is 1. The number of hydrogen-bond donors (Lipinski definition) is 0. The van der Waals surface area contributed by atoms with Crippen molar-refractivity contribution in [3.63, 3.8) is 0 Å². The number of nitrogens with zero attached hydrogens (tertiary/aromatic N) is 4. The van der Waals surface area contributed by atoms with Gasteiger partial charge >= 0.3 is 5.82 Å². The van der Waals surface area contributed by atoms with E-state index >= 15 is 0 Å². The number of hydrogen-bond acceptors (Lipinski definition) is 6. The van der Waals surface area contributed by atoms with Gasteiger partial charge in [0, 0.05) is 20.0 Å². The van der Waals surface area contributed by atoms with Crippen LogP contribution in [0.4, 0.5) is 5.82 Å². The molecule has 0 saturated carbocycles. The van der Waals surface area contributed by atoms with Gasteiger partial charge in [-0.2, -0.15) is 0 Å². The fourth-order valence-electron chi connectivity index (χ4n) is 2.61.